The zero-order valence-electron chi connectivity index (χ0n) is 15.8. The highest BCUT2D eigenvalue weighted by Gasteiger charge is 2.17. The average molecular weight is 426 g/mol. The molecular weight excluding hydrogens is 405 g/mol. The lowest BCUT2D eigenvalue weighted by atomic mass is 10.1. The van der Waals surface area contributed by atoms with Gasteiger partial charge in [-0.1, -0.05) is 29.3 Å². The Kier molecular flexibility index (Phi) is 7.96. The molecule has 0 bridgehead atoms. The van der Waals surface area contributed by atoms with Gasteiger partial charge in [0.05, 0.1) is 26.7 Å². The molecule has 6 nitrogen and oxygen atoms in total. The second-order valence-corrected chi connectivity index (χ2v) is 6.81. The molecule has 2 rings (SSSR count). The molecule has 0 fully saturated rings. The summed E-state index contributed by atoms with van der Waals surface area (Å²) in [7, 11) is 3.10. The van der Waals surface area contributed by atoms with Crippen LogP contribution >= 0.6 is 23.2 Å². The summed E-state index contributed by atoms with van der Waals surface area (Å²) >= 11 is 11.9. The number of halogens is 2. The maximum atomic E-state index is 12.1. The Hall–Kier alpha value is -2.44. The summed E-state index contributed by atoms with van der Waals surface area (Å²) < 4.78 is 15.6. The summed E-state index contributed by atoms with van der Waals surface area (Å²) in [4.78, 5) is 24.1. The van der Waals surface area contributed by atoms with Crippen molar-refractivity contribution in [3.05, 3.63) is 57.6 Å². The number of benzene rings is 2. The van der Waals surface area contributed by atoms with Crippen LogP contribution in [0.1, 0.15) is 24.1 Å². The number of hydrogen-bond acceptors (Lipinski definition) is 5. The molecule has 150 valence electrons. The van der Waals surface area contributed by atoms with Crippen LogP contribution in [0.25, 0.3) is 0 Å². The predicted molar refractivity (Wildman–Crippen MR) is 107 cm³/mol. The predicted octanol–water partition coefficient (Wildman–Crippen LogP) is 3.97. The van der Waals surface area contributed by atoms with Crippen LogP contribution in [0.3, 0.4) is 0 Å². The number of ether oxygens (including phenoxy) is 3. The molecule has 0 radical (unpaired) electrons. The van der Waals surface area contributed by atoms with E-state index in [1.807, 2.05) is 0 Å². The molecule has 0 spiro atoms. The SMILES string of the molecule is COc1ccc(OC)c(C(C)NC(=O)COC(=O)Cc2ccc(Cl)cc2Cl)c1. The van der Waals surface area contributed by atoms with Crippen LogP contribution in [0.15, 0.2) is 36.4 Å². The fourth-order valence-electron chi connectivity index (χ4n) is 2.56. The lowest BCUT2D eigenvalue weighted by Gasteiger charge is -2.18. The molecule has 1 atom stereocenters. The number of methoxy groups -OCH3 is 2. The van der Waals surface area contributed by atoms with Crippen molar-refractivity contribution in [2.75, 3.05) is 20.8 Å². The van der Waals surface area contributed by atoms with Crippen molar-refractivity contribution in [3.63, 3.8) is 0 Å². The third-order valence-corrected chi connectivity index (χ3v) is 4.58. The Bertz CT molecular complexity index is 856. The summed E-state index contributed by atoms with van der Waals surface area (Å²) in [5, 5.41) is 3.61. The third kappa shape index (κ3) is 6.04. The second kappa shape index (κ2) is 10.2. The van der Waals surface area contributed by atoms with E-state index in [1.165, 1.54) is 0 Å². The first-order chi connectivity index (χ1) is 13.3. The molecule has 0 aliphatic heterocycles. The summed E-state index contributed by atoms with van der Waals surface area (Å²) in [5.41, 5.74) is 1.32. The topological polar surface area (TPSA) is 73.9 Å². The molecule has 0 aliphatic carbocycles. The Morgan fingerprint density at radius 2 is 1.82 bits per heavy atom. The van der Waals surface area contributed by atoms with E-state index in [-0.39, 0.29) is 12.5 Å². The number of carbonyl (C=O) groups excluding carboxylic acids is 2. The highest BCUT2D eigenvalue weighted by molar-refractivity contribution is 6.35. The summed E-state index contributed by atoms with van der Waals surface area (Å²) in [6.07, 6.45) is -0.0530. The van der Waals surface area contributed by atoms with Gasteiger partial charge in [-0.25, -0.2) is 0 Å². The highest BCUT2D eigenvalue weighted by Crippen LogP contribution is 2.29. The van der Waals surface area contributed by atoms with Gasteiger partial charge in [-0.15, -0.1) is 0 Å². The number of carbonyl (C=O) groups is 2. The van der Waals surface area contributed by atoms with Gasteiger partial charge >= 0.3 is 5.97 Å². The lowest BCUT2D eigenvalue weighted by Crippen LogP contribution is -2.31. The van der Waals surface area contributed by atoms with Crippen LogP contribution in [-0.4, -0.2) is 32.7 Å². The third-order valence-electron chi connectivity index (χ3n) is 4.00. The normalized spacial score (nSPS) is 11.5. The molecule has 0 heterocycles. The largest absolute Gasteiger partial charge is 0.497 e. The van der Waals surface area contributed by atoms with Crippen molar-refractivity contribution in [3.8, 4) is 11.5 Å². The molecule has 1 N–H and O–H groups in total. The highest BCUT2D eigenvalue weighted by atomic mass is 35.5. The van der Waals surface area contributed by atoms with Crippen LogP contribution in [0.2, 0.25) is 10.0 Å². The van der Waals surface area contributed by atoms with E-state index in [2.05, 4.69) is 5.32 Å². The summed E-state index contributed by atoms with van der Waals surface area (Å²) in [6.45, 7) is 1.39. The van der Waals surface area contributed by atoms with Gasteiger partial charge in [0.1, 0.15) is 11.5 Å². The van der Waals surface area contributed by atoms with Crippen molar-refractivity contribution in [2.45, 2.75) is 19.4 Å². The molecule has 8 heteroatoms. The van der Waals surface area contributed by atoms with Crippen molar-refractivity contribution in [2.24, 2.45) is 0 Å². The monoisotopic (exact) mass is 425 g/mol. The maximum Gasteiger partial charge on any atom is 0.310 e. The zero-order valence-corrected chi connectivity index (χ0v) is 17.3. The lowest BCUT2D eigenvalue weighted by molar-refractivity contribution is -0.148. The van der Waals surface area contributed by atoms with E-state index in [0.29, 0.717) is 27.1 Å². The molecule has 0 aliphatic rings. The van der Waals surface area contributed by atoms with Crippen molar-refractivity contribution in [1.29, 1.82) is 0 Å². The van der Waals surface area contributed by atoms with Crippen LogP contribution in [0.4, 0.5) is 0 Å². The fraction of sp³-hybridized carbons (Fsp3) is 0.300. The van der Waals surface area contributed by atoms with Gasteiger partial charge < -0.3 is 19.5 Å². The van der Waals surface area contributed by atoms with Gasteiger partial charge in [0.25, 0.3) is 5.91 Å². The molecule has 0 aromatic heterocycles. The molecule has 0 saturated heterocycles. The van der Waals surface area contributed by atoms with E-state index < -0.39 is 18.5 Å². The molecule has 1 unspecified atom stereocenters. The first-order valence-electron chi connectivity index (χ1n) is 8.45. The first-order valence-corrected chi connectivity index (χ1v) is 9.20. The molecule has 2 aromatic carbocycles. The molecule has 28 heavy (non-hydrogen) atoms. The molecular formula is C20H21Cl2NO5. The van der Waals surface area contributed by atoms with Crippen molar-refractivity contribution in [1.82, 2.24) is 5.32 Å². The van der Waals surface area contributed by atoms with Crippen LogP contribution in [0.5, 0.6) is 11.5 Å². The Morgan fingerprint density at radius 1 is 1.07 bits per heavy atom. The Labute approximate surface area is 173 Å². The minimum Gasteiger partial charge on any atom is -0.497 e. The van der Waals surface area contributed by atoms with Gasteiger partial charge in [0.15, 0.2) is 6.61 Å². The van der Waals surface area contributed by atoms with Crippen molar-refractivity contribution < 1.29 is 23.8 Å². The van der Waals surface area contributed by atoms with E-state index in [9.17, 15) is 9.59 Å². The zero-order chi connectivity index (χ0) is 20.7. The number of nitrogens with one attached hydrogen (secondary N) is 1. The Balaban J connectivity index is 1.90. The number of esters is 1. The standard InChI is InChI=1S/C20H21Cl2NO5/c1-12(16-10-15(26-2)6-7-18(16)27-3)23-19(24)11-28-20(25)8-13-4-5-14(21)9-17(13)22/h4-7,9-10,12H,8,11H2,1-3H3,(H,23,24). The smallest absolute Gasteiger partial charge is 0.310 e. The van der Waals surface area contributed by atoms with Crippen LogP contribution in [-0.2, 0) is 20.7 Å². The van der Waals surface area contributed by atoms with E-state index >= 15 is 0 Å². The minimum atomic E-state index is -0.564. The van der Waals surface area contributed by atoms with Gasteiger partial charge in [0.2, 0.25) is 0 Å². The minimum absolute atomic E-state index is 0.0530. The maximum absolute atomic E-state index is 12.1. The van der Waals surface area contributed by atoms with E-state index in [1.54, 1.807) is 57.5 Å². The average Bonchev–Trinajstić information content (AvgIpc) is 2.68. The molecule has 2 aromatic rings. The summed E-state index contributed by atoms with van der Waals surface area (Å²) in [5.74, 6) is 0.255. The number of hydrogen-bond donors (Lipinski definition) is 1. The van der Waals surface area contributed by atoms with Crippen LogP contribution in [0, 0.1) is 0 Å². The van der Waals surface area contributed by atoms with Gasteiger partial charge in [-0.05, 0) is 42.8 Å². The quantitative estimate of drug-likeness (QED) is 0.647. The van der Waals surface area contributed by atoms with Gasteiger partial charge in [0, 0.05) is 15.6 Å². The van der Waals surface area contributed by atoms with Gasteiger partial charge in [-0.3, -0.25) is 9.59 Å². The van der Waals surface area contributed by atoms with Crippen LogP contribution < -0.4 is 14.8 Å². The second-order valence-electron chi connectivity index (χ2n) is 5.97. The van der Waals surface area contributed by atoms with Crippen molar-refractivity contribution >= 4 is 35.1 Å². The number of amides is 1. The molecule has 0 saturated carbocycles. The molecule has 1 amide bonds. The summed E-state index contributed by atoms with van der Waals surface area (Å²) in [6, 6.07) is 9.74. The fourth-order valence-corrected chi connectivity index (χ4v) is 3.03. The van der Waals surface area contributed by atoms with Gasteiger partial charge in [-0.2, -0.15) is 0 Å². The Morgan fingerprint density at radius 3 is 2.46 bits per heavy atom. The first kappa shape index (κ1) is 21.9. The van der Waals surface area contributed by atoms with E-state index in [0.717, 1.165) is 5.56 Å². The number of rotatable bonds is 8. The van der Waals surface area contributed by atoms with E-state index in [4.69, 9.17) is 37.4 Å².